The number of H-pyrrole nitrogens is 1. The second kappa shape index (κ2) is 7.44. The molecule has 0 saturated carbocycles. The summed E-state index contributed by atoms with van der Waals surface area (Å²) in [5.74, 6) is 0.886. The van der Waals surface area contributed by atoms with Gasteiger partial charge < -0.3 is 15.2 Å². The Morgan fingerprint density at radius 3 is 2.93 bits per heavy atom. The van der Waals surface area contributed by atoms with Crippen LogP contribution in [0.15, 0.2) is 40.6 Å². The standard InChI is InChI=1S/C20H20ClN7S/c1-3-13-17(21)16-18(25-13)26-20(27-19(16)28-9-11(10-28)22-2)29-12-7-15-14(24-8-12)5-4-6-23-15/h4-8,11,22H,3,9-10H2,1-2H3,(H,25,26,27). The fourth-order valence-corrected chi connectivity index (χ4v) is 4.63. The molecule has 29 heavy (non-hydrogen) atoms. The van der Waals surface area contributed by atoms with Crippen molar-refractivity contribution in [3.8, 4) is 0 Å². The maximum Gasteiger partial charge on any atom is 0.196 e. The van der Waals surface area contributed by atoms with Gasteiger partial charge in [-0.05, 0) is 43.4 Å². The quantitative estimate of drug-likeness (QED) is 0.472. The van der Waals surface area contributed by atoms with Crippen molar-refractivity contribution >= 4 is 51.2 Å². The minimum absolute atomic E-state index is 0.468. The summed E-state index contributed by atoms with van der Waals surface area (Å²) in [5, 5.41) is 5.59. The number of pyridine rings is 2. The average Bonchev–Trinajstić information content (AvgIpc) is 3.03. The largest absolute Gasteiger partial charge is 0.353 e. The molecule has 0 unspecified atom stereocenters. The molecule has 5 heterocycles. The summed E-state index contributed by atoms with van der Waals surface area (Å²) >= 11 is 8.14. The number of aryl methyl sites for hydroxylation is 1. The molecule has 9 heteroatoms. The summed E-state index contributed by atoms with van der Waals surface area (Å²) < 4.78 is 0. The zero-order valence-corrected chi connectivity index (χ0v) is 17.7. The number of aromatic nitrogens is 5. The predicted molar refractivity (Wildman–Crippen MR) is 117 cm³/mol. The molecule has 1 saturated heterocycles. The lowest BCUT2D eigenvalue weighted by Crippen LogP contribution is -2.57. The molecule has 4 aromatic heterocycles. The third-order valence-electron chi connectivity index (χ3n) is 5.20. The first-order chi connectivity index (χ1) is 14.2. The number of likely N-dealkylation sites (N-methyl/N-ethyl adjacent to an activating group) is 1. The van der Waals surface area contributed by atoms with Crippen molar-refractivity contribution in [3.05, 3.63) is 41.3 Å². The van der Waals surface area contributed by atoms with Crippen molar-refractivity contribution in [3.63, 3.8) is 0 Å². The molecule has 1 aliphatic heterocycles. The van der Waals surface area contributed by atoms with Crippen LogP contribution in [0.5, 0.6) is 0 Å². The molecule has 148 valence electrons. The van der Waals surface area contributed by atoms with Gasteiger partial charge in [-0.25, -0.2) is 9.97 Å². The molecule has 0 spiro atoms. The number of nitrogens with zero attached hydrogens (tertiary/aromatic N) is 5. The van der Waals surface area contributed by atoms with Crippen LogP contribution >= 0.6 is 23.4 Å². The van der Waals surface area contributed by atoms with E-state index >= 15 is 0 Å². The van der Waals surface area contributed by atoms with Crippen LogP contribution in [0, 0.1) is 0 Å². The number of aromatic amines is 1. The second-order valence-corrected chi connectivity index (χ2v) is 8.45. The van der Waals surface area contributed by atoms with Crippen LogP contribution in [-0.2, 0) is 6.42 Å². The number of rotatable bonds is 5. The second-order valence-electron chi connectivity index (χ2n) is 7.03. The Bertz CT molecular complexity index is 1200. The molecule has 5 rings (SSSR count). The maximum absolute atomic E-state index is 6.66. The first kappa shape index (κ1) is 18.6. The van der Waals surface area contributed by atoms with Crippen molar-refractivity contribution in [2.24, 2.45) is 0 Å². The van der Waals surface area contributed by atoms with Gasteiger partial charge in [0.25, 0.3) is 0 Å². The summed E-state index contributed by atoms with van der Waals surface area (Å²) in [6, 6.07) is 6.32. The monoisotopic (exact) mass is 425 g/mol. The molecule has 4 aromatic rings. The third-order valence-corrected chi connectivity index (χ3v) is 6.44. The van der Waals surface area contributed by atoms with Crippen LogP contribution in [0.1, 0.15) is 12.6 Å². The topological polar surface area (TPSA) is 82.6 Å². The van der Waals surface area contributed by atoms with Crippen molar-refractivity contribution in [1.82, 2.24) is 30.2 Å². The highest BCUT2D eigenvalue weighted by Gasteiger charge is 2.30. The Labute approximate surface area is 177 Å². The number of hydrogen-bond acceptors (Lipinski definition) is 7. The number of nitrogens with one attached hydrogen (secondary N) is 2. The number of halogens is 1. The lowest BCUT2D eigenvalue weighted by Gasteiger charge is -2.40. The van der Waals surface area contributed by atoms with Crippen molar-refractivity contribution in [2.45, 2.75) is 29.4 Å². The normalized spacial score (nSPS) is 14.7. The van der Waals surface area contributed by atoms with Gasteiger partial charge in [0.15, 0.2) is 5.16 Å². The molecule has 0 aliphatic carbocycles. The molecule has 0 amide bonds. The number of fused-ring (bicyclic) bond motifs is 2. The predicted octanol–water partition coefficient (Wildman–Crippen LogP) is 3.68. The van der Waals surface area contributed by atoms with Crippen LogP contribution in [0.3, 0.4) is 0 Å². The van der Waals surface area contributed by atoms with Crippen molar-refractivity contribution < 1.29 is 0 Å². The SMILES string of the molecule is CCc1[nH]c2nc(Sc3cnc4cccnc4c3)nc(N3CC(NC)C3)c2c1Cl. The van der Waals surface area contributed by atoms with Gasteiger partial charge in [-0.1, -0.05) is 18.5 Å². The van der Waals surface area contributed by atoms with Gasteiger partial charge in [0.1, 0.15) is 11.5 Å². The lowest BCUT2D eigenvalue weighted by molar-refractivity contribution is 0.447. The highest BCUT2D eigenvalue weighted by Crippen LogP contribution is 2.38. The Morgan fingerprint density at radius 2 is 2.14 bits per heavy atom. The first-order valence-electron chi connectivity index (χ1n) is 9.55. The molecule has 2 N–H and O–H groups in total. The van der Waals surface area contributed by atoms with Gasteiger partial charge in [-0.15, -0.1) is 0 Å². The van der Waals surface area contributed by atoms with E-state index in [0.717, 1.165) is 63.0 Å². The maximum atomic E-state index is 6.66. The molecular formula is C20H20ClN7S. The highest BCUT2D eigenvalue weighted by molar-refractivity contribution is 7.99. The van der Waals surface area contributed by atoms with Gasteiger partial charge in [0.05, 0.1) is 21.4 Å². The fourth-order valence-electron chi connectivity index (χ4n) is 3.52. The smallest absolute Gasteiger partial charge is 0.196 e. The minimum atomic E-state index is 0.468. The van der Waals surface area contributed by atoms with Crippen LogP contribution in [0.25, 0.3) is 22.1 Å². The summed E-state index contributed by atoms with van der Waals surface area (Å²) in [4.78, 5) is 25.1. The molecule has 0 aromatic carbocycles. The van der Waals surface area contributed by atoms with E-state index in [0.29, 0.717) is 11.2 Å². The van der Waals surface area contributed by atoms with E-state index in [2.05, 4.69) is 32.1 Å². The van der Waals surface area contributed by atoms with Crippen LogP contribution in [0.2, 0.25) is 5.02 Å². The summed E-state index contributed by atoms with van der Waals surface area (Å²) in [7, 11) is 1.98. The Balaban J connectivity index is 1.56. The zero-order chi connectivity index (χ0) is 20.0. The Kier molecular flexibility index (Phi) is 4.77. The summed E-state index contributed by atoms with van der Waals surface area (Å²) in [6.45, 7) is 3.88. The molecule has 1 fully saturated rings. The van der Waals surface area contributed by atoms with E-state index in [9.17, 15) is 0 Å². The van der Waals surface area contributed by atoms with Gasteiger partial charge in [0.2, 0.25) is 0 Å². The van der Waals surface area contributed by atoms with Crippen LogP contribution in [-0.4, -0.2) is 51.1 Å². The van der Waals surface area contributed by atoms with E-state index in [1.165, 1.54) is 11.8 Å². The van der Waals surface area contributed by atoms with Crippen molar-refractivity contribution in [1.29, 1.82) is 0 Å². The first-order valence-corrected chi connectivity index (χ1v) is 10.7. The Hall–Kier alpha value is -2.42. The van der Waals surface area contributed by atoms with E-state index < -0.39 is 0 Å². The average molecular weight is 426 g/mol. The van der Waals surface area contributed by atoms with E-state index in [1.807, 2.05) is 31.4 Å². The third kappa shape index (κ3) is 3.31. The summed E-state index contributed by atoms with van der Waals surface area (Å²) in [5.41, 5.74) is 3.49. The molecule has 1 aliphatic rings. The summed E-state index contributed by atoms with van der Waals surface area (Å²) in [6.07, 6.45) is 4.42. The molecular weight excluding hydrogens is 406 g/mol. The van der Waals surface area contributed by atoms with E-state index in [4.69, 9.17) is 21.6 Å². The van der Waals surface area contributed by atoms with Crippen LogP contribution in [0.4, 0.5) is 5.82 Å². The van der Waals surface area contributed by atoms with Gasteiger partial charge in [-0.3, -0.25) is 9.97 Å². The van der Waals surface area contributed by atoms with Crippen LogP contribution < -0.4 is 10.2 Å². The molecule has 0 atom stereocenters. The molecule has 7 nitrogen and oxygen atoms in total. The van der Waals surface area contributed by atoms with E-state index in [1.54, 1.807) is 6.20 Å². The van der Waals surface area contributed by atoms with Gasteiger partial charge in [0, 0.05) is 42.1 Å². The van der Waals surface area contributed by atoms with Gasteiger partial charge >= 0.3 is 0 Å². The number of anilines is 1. The highest BCUT2D eigenvalue weighted by atomic mass is 35.5. The fraction of sp³-hybridized carbons (Fsp3) is 0.300. The van der Waals surface area contributed by atoms with Crippen molar-refractivity contribution in [2.75, 3.05) is 25.0 Å². The Morgan fingerprint density at radius 1 is 1.28 bits per heavy atom. The number of hydrogen-bond donors (Lipinski definition) is 2. The zero-order valence-electron chi connectivity index (χ0n) is 16.1. The molecule has 0 radical (unpaired) electrons. The molecule has 0 bridgehead atoms. The lowest BCUT2D eigenvalue weighted by atomic mass is 10.1. The minimum Gasteiger partial charge on any atom is -0.353 e. The van der Waals surface area contributed by atoms with Gasteiger partial charge in [-0.2, -0.15) is 0 Å². The van der Waals surface area contributed by atoms with E-state index in [-0.39, 0.29) is 0 Å².